The third kappa shape index (κ3) is 4.08. The summed E-state index contributed by atoms with van der Waals surface area (Å²) in [4.78, 5) is 11.8. The zero-order chi connectivity index (χ0) is 17.0. The number of benzene rings is 1. The topological polar surface area (TPSA) is 99.4 Å². The van der Waals surface area contributed by atoms with E-state index in [1.54, 1.807) is 6.92 Å². The van der Waals surface area contributed by atoms with E-state index in [0.717, 1.165) is 0 Å². The summed E-state index contributed by atoms with van der Waals surface area (Å²) in [5.74, 6) is -0.122. The molecular weight excluding hydrogens is 367 g/mol. The monoisotopic (exact) mass is 378 g/mol. The predicted molar refractivity (Wildman–Crippen MR) is 83.1 cm³/mol. The largest absolute Gasteiger partial charge is 0.407 e. The van der Waals surface area contributed by atoms with Crippen LogP contribution in [0.5, 0.6) is 0 Å². The molecule has 0 saturated heterocycles. The highest BCUT2D eigenvalue weighted by Gasteiger charge is 2.31. The van der Waals surface area contributed by atoms with Crippen LogP contribution in [0.4, 0.5) is 0 Å². The van der Waals surface area contributed by atoms with E-state index in [1.165, 1.54) is 18.2 Å². The number of carbonyl (C=O) groups is 1. The molecule has 124 valence electrons. The summed E-state index contributed by atoms with van der Waals surface area (Å²) >= 11 is 11.8. The van der Waals surface area contributed by atoms with E-state index < -0.39 is 20.2 Å². The van der Waals surface area contributed by atoms with Gasteiger partial charge in [-0.25, -0.2) is 8.42 Å². The number of carbonyl (C=O) groups excluding carboxylic acids is 1. The quantitative estimate of drug-likeness (QED) is 0.712. The Labute approximate surface area is 142 Å². The Morgan fingerprint density at radius 1 is 1.30 bits per heavy atom. The van der Waals surface area contributed by atoms with Gasteiger partial charge >= 0.3 is 5.22 Å². The second kappa shape index (κ2) is 7.39. The van der Waals surface area contributed by atoms with Crippen molar-refractivity contribution in [3.63, 3.8) is 0 Å². The fourth-order valence-electron chi connectivity index (χ4n) is 1.62. The number of hydrogen-bond donors (Lipinski definition) is 0. The minimum absolute atomic E-state index is 0.00142. The number of nitrogens with zero attached hydrogens (tertiary/aromatic N) is 2. The number of rotatable bonds is 6. The van der Waals surface area contributed by atoms with Gasteiger partial charge in [0.25, 0.3) is 15.0 Å². The molecule has 7 nitrogen and oxygen atoms in total. The van der Waals surface area contributed by atoms with Crippen LogP contribution in [0.15, 0.2) is 27.8 Å². The molecule has 1 aromatic heterocycles. The summed E-state index contributed by atoms with van der Waals surface area (Å²) in [5, 5.41) is 5.82. The summed E-state index contributed by atoms with van der Waals surface area (Å²) in [5.41, 5.74) is 0.312. The standard InChI is InChI=1S/C13H12Cl2N2O5S/c1-2-21-6-5-11(18)23(19,20)13-17-16-12(22-13)9-4-3-8(14)7-10(9)15/h3-4,7H,2,5-6H2,1H3. The summed E-state index contributed by atoms with van der Waals surface area (Å²) in [7, 11) is -4.36. The molecule has 0 radical (unpaired) electrons. The molecule has 0 bridgehead atoms. The molecule has 0 aliphatic heterocycles. The fraction of sp³-hybridized carbons (Fsp3) is 0.308. The van der Waals surface area contributed by atoms with Crippen LogP contribution >= 0.6 is 23.2 Å². The van der Waals surface area contributed by atoms with Crippen LogP contribution in [-0.4, -0.2) is 36.9 Å². The van der Waals surface area contributed by atoms with E-state index >= 15 is 0 Å². The Morgan fingerprint density at radius 3 is 2.70 bits per heavy atom. The lowest BCUT2D eigenvalue weighted by atomic mass is 10.2. The normalized spacial score (nSPS) is 11.6. The minimum Gasteiger partial charge on any atom is -0.407 e. The number of halogens is 2. The molecule has 23 heavy (non-hydrogen) atoms. The Bertz CT molecular complexity index is 820. The highest BCUT2D eigenvalue weighted by Crippen LogP contribution is 2.30. The average Bonchev–Trinajstić information content (AvgIpc) is 2.97. The zero-order valence-corrected chi connectivity index (χ0v) is 14.3. The maximum atomic E-state index is 12.1. The van der Waals surface area contributed by atoms with Crippen molar-refractivity contribution in [1.29, 1.82) is 0 Å². The third-order valence-electron chi connectivity index (χ3n) is 2.75. The van der Waals surface area contributed by atoms with Crippen molar-refractivity contribution in [2.24, 2.45) is 0 Å². The maximum absolute atomic E-state index is 12.1. The first-order valence-corrected chi connectivity index (χ1v) is 8.74. The molecule has 0 amide bonds. The van der Waals surface area contributed by atoms with Crippen molar-refractivity contribution in [1.82, 2.24) is 10.2 Å². The summed E-state index contributed by atoms with van der Waals surface area (Å²) < 4.78 is 34.1. The number of hydrogen-bond acceptors (Lipinski definition) is 7. The van der Waals surface area contributed by atoms with Gasteiger partial charge < -0.3 is 9.15 Å². The lowest BCUT2D eigenvalue weighted by Gasteiger charge is -2.00. The lowest BCUT2D eigenvalue weighted by Crippen LogP contribution is -2.17. The molecule has 0 aliphatic rings. The molecule has 0 fully saturated rings. The Hall–Kier alpha value is -1.48. The van der Waals surface area contributed by atoms with Crippen LogP contribution in [0.3, 0.4) is 0 Å². The molecule has 0 saturated carbocycles. The van der Waals surface area contributed by atoms with Gasteiger partial charge in [0.15, 0.2) is 0 Å². The van der Waals surface area contributed by atoms with Crippen LogP contribution in [-0.2, 0) is 19.4 Å². The molecule has 0 spiro atoms. The fourth-order valence-corrected chi connectivity index (χ4v) is 2.99. The molecule has 2 aromatic rings. The summed E-state index contributed by atoms with van der Waals surface area (Å²) in [6.07, 6.45) is -0.296. The van der Waals surface area contributed by atoms with Crippen molar-refractivity contribution < 1.29 is 22.4 Å². The summed E-state index contributed by atoms with van der Waals surface area (Å²) in [6.45, 7) is 2.12. The Morgan fingerprint density at radius 2 is 2.04 bits per heavy atom. The molecule has 1 heterocycles. The van der Waals surface area contributed by atoms with Crippen molar-refractivity contribution in [2.75, 3.05) is 13.2 Å². The van der Waals surface area contributed by atoms with Gasteiger partial charge in [-0.3, -0.25) is 4.79 Å². The molecule has 0 unspecified atom stereocenters. The van der Waals surface area contributed by atoms with Gasteiger partial charge in [0.2, 0.25) is 5.89 Å². The number of aromatic nitrogens is 2. The highest BCUT2D eigenvalue weighted by molar-refractivity contribution is 8.05. The van der Waals surface area contributed by atoms with Gasteiger partial charge in [-0.2, -0.15) is 0 Å². The van der Waals surface area contributed by atoms with E-state index in [0.29, 0.717) is 17.2 Å². The zero-order valence-electron chi connectivity index (χ0n) is 12.0. The van der Waals surface area contributed by atoms with Gasteiger partial charge in [0, 0.05) is 18.1 Å². The second-order valence-electron chi connectivity index (χ2n) is 4.32. The van der Waals surface area contributed by atoms with Crippen LogP contribution < -0.4 is 0 Å². The molecular formula is C13H12Cl2N2O5S. The Balaban J connectivity index is 2.25. The second-order valence-corrected chi connectivity index (χ2v) is 6.97. The van der Waals surface area contributed by atoms with Gasteiger partial charge in [-0.15, -0.1) is 5.10 Å². The van der Waals surface area contributed by atoms with Crippen LogP contribution in [0.1, 0.15) is 13.3 Å². The molecule has 0 atom stereocenters. The first kappa shape index (κ1) is 17.9. The first-order valence-electron chi connectivity index (χ1n) is 6.51. The van der Waals surface area contributed by atoms with Crippen molar-refractivity contribution >= 4 is 38.2 Å². The van der Waals surface area contributed by atoms with Crippen LogP contribution in [0.2, 0.25) is 10.0 Å². The minimum atomic E-state index is -4.36. The van der Waals surface area contributed by atoms with Gasteiger partial charge in [-0.1, -0.05) is 28.3 Å². The average molecular weight is 379 g/mol. The Kier molecular flexibility index (Phi) is 5.74. The first-order chi connectivity index (χ1) is 10.9. The van der Waals surface area contributed by atoms with Gasteiger partial charge in [0.1, 0.15) is 0 Å². The highest BCUT2D eigenvalue weighted by atomic mass is 35.5. The smallest absolute Gasteiger partial charge is 0.343 e. The van der Waals surface area contributed by atoms with Crippen LogP contribution in [0, 0.1) is 0 Å². The molecule has 1 aromatic carbocycles. The van der Waals surface area contributed by atoms with E-state index in [2.05, 4.69) is 10.2 Å². The molecule has 10 heteroatoms. The van der Waals surface area contributed by atoms with Crippen molar-refractivity contribution in [3.8, 4) is 11.5 Å². The molecule has 0 aliphatic carbocycles. The van der Waals surface area contributed by atoms with E-state index in [1.807, 2.05) is 0 Å². The molecule has 0 N–H and O–H groups in total. The number of ether oxygens (including phenoxy) is 1. The third-order valence-corrected chi connectivity index (χ3v) is 4.73. The lowest BCUT2D eigenvalue weighted by molar-refractivity contribution is -0.112. The number of sulfone groups is 1. The maximum Gasteiger partial charge on any atom is 0.343 e. The van der Waals surface area contributed by atoms with Crippen molar-refractivity contribution in [3.05, 3.63) is 28.2 Å². The van der Waals surface area contributed by atoms with Crippen molar-refractivity contribution in [2.45, 2.75) is 18.6 Å². The van der Waals surface area contributed by atoms with E-state index in [9.17, 15) is 13.2 Å². The SMILES string of the molecule is CCOCCC(=O)S(=O)(=O)c1nnc(-c2ccc(Cl)cc2Cl)o1. The van der Waals surface area contributed by atoms with E-state index in [4.69, 9.17) is 32.4 Å². The molecule has 2 rings (SSSR count). The predicted octanol–water partition coefficient (Wildman–Crippen LogP) is 2.77. The van der Waals surface area contributed by atoms with Crippen LogP contribution in [0.25, 0.3) is 11.5 Å². The van der Waals surface area contributed by atoms with E-state index in [-0.39, 0.29) is 23.9 Å². The summed E-state index contributed by atoms with van der Waals surface area (Å²) in [6, 6.07) is 4.49. The van der Waals surface area contributed by atoms with Gasteiger partial charge in [0.05, 0.1) is 17.2 Å². The van der Waals surface area contributed by atoms with Gasteiger partial charge in [-0.05, 0) is 25.1 Å².